The van der Waals surface area contributed by atoms with Gasteiger partial charge in [0.1, 0.15) is 5.82 Å². The Morgan fingerprint density at radius 2 is 1.72 bits per heavy atom. The van der Waals surface area contributed by atoms with Crippen molar-refractivity contribution in [3.63, 3.8) is 0 Å². The van der Waals surface area contributed by atoms with Crippen LogP contribution in [0.5, 0.6) is 0 Å². The minimum absolute atomic E-state index is 0.128. The highest BCUT2D eigenvalue weighted by Crippen LogP contribution is 2.39. The third-order valence-electron chi connectivity index (χ3n) is 5.10. The fraction of sp³-hybridized carbons (Fsp3) is 0.435. The summed E-state index contributed by atoms with van der Waals surface area (Å²) in [5.41, 5.74) is -0.794. The molecule has 0 aliphatic rings. The number of rotatable bonds is 5. The van der Waals surface area contributed by atoms with Gasteiger partial charge in [0, 0.05) is 34.8 Å². The fourth-order valence-corrected chi connectivity index (χ4v) is 3.87. The molecular formula is C23H25F6N3. The number of hydrogen-bond acceptors (Lipinski definition) is 2. The number of nitrogens with zero attached hydrogens (tertiary/aromatic N) is 3. The van der Waals surface area contributed by atoms with Gasteiger partial charge in [-0.25, -0.2) is 13.2 Å². The Balaban J connectivity index is 2.28. The van der Waals surface area contributed by atoms with Gasteiger partial charge in [-0.3, -0.25) is 9.88 Å². The molecule has 0 aliphatic carbocycles. The lowest BCUT2D eigenvalue weighted by atomic mass is 9.97. The van der Waals surface area contributed by atoms with Gasteiger partial charge in [-0.1, -0.05) is 32.9 Å². The van der Waals surface area contributed by atoms with E-state index >= 15 is 0 Å². The first-order chi connectivity index (χ1) is 14.7. The Morgan fingerprint density at radius 3 is 2.25 bits per heavy atom. The first-order valence-corrected chi connectivity index (χ1v) is 9.99. The SMILES string of the molecule is CN(C)C(c1cn(CC(C)(C)C)c2cc(-c3ncc(F)cc3C(F)(F)F)ccc12)C(F)F. The van der Waals surface area contributed by atoms with E-state index in [9.17, 15) is 26.3 Å². The number of halogens is 6. The van der Waals surface area contributed by atoms with Crippen LogP contribution in [0.15, 0.2) is 36.7 Å². The molecule has 0 saturated carbocycles. The van der Waals surface area contributed by atoms with E-state index in [2.05, 4.69) is 4.98 Å². The zero-order valence-corrected chi connectivity index (χ0v) is 18.4. The maximum Gasteiger partial charge on any atom is 0.418 e. The van der Waals surface area contributed by atoms with Gasteiger partial charge in [0.25, 0.3) is 6.43 Å². The Morgan fingerprint density at radius 1 is 1.06 bits per heavy atom. The summed E-state index contributed by atoms with van der Waals surface area (Å²) < 4.78 is 83.5. The molecule has 3 rings (SSSR count). The molecule has 0 fully saturated rings. The highest BCUT2D eigenvalue weighted by atomic mass is 19.4. The molecule has 3 aromatic rings. The van der Waals surface area contributed by atoms with Crippen molar-refractivity contribution in [1.29, 1.82) is 0 Å². The van der Waals surface area contributed by atoms with Crippen molar-refractivity contribution in [2.24, 2.45) is 5.41 Å². The van der Waals surface area contributed by atoms with Gasteiger partial charge in [-0.2, -0.15) is 13.2 Å². The molecule has 1 atom stereocenters. The van der Waals surface area contributed by atoms with Crippen molar-refractivity contribution in [3.05, 3.63) is 53.6 Å². The molecule has 174 valence electrons. The minimum Gasteiger partial charge on any atom is -0.347 e. The lowest BCUT2D eigenvalue weighted by molar-refractivity contribution is -0.137. The van der Waals surface area contributed by atoms with E-state index in [1.165, 1.54) is 23.1 Å². The number of aromatic nitrogens is 2. The molecule has 0 amide bonds. The summed E-state index contributed by atoms with van der Waals surface area (Å²) in [4.78, 5) is 5.11. The van der Waals surface area contributed by atoms with Crippen LogP contribution in [0, 0.1) is 11.2 Å². The summed E-state index contributed by atoms with van der Waals surface area (Å²) in [7, 11) is 3.10. The summed E-state index contributed by atoms with van der Waals surface area (Å²) in [6, 6.07) is 3.66. The van der Waals surface area contributed by atoms with Crippen molar-refractivity contribution in [2.75, 3.05) is 14.1 Å². The molecule has 0 saturated heterocycles. The molecule has 0 N–H and O–H groups in total. The predicted octanol–water partition coefficient (Wildman–Crippen LogP) is 6.78. The van der Waals surface area contributed by atoms with Gasteiger partial charge in [0.2, 0.25) is 0 Å². The van der Waals surface area contributed by atoms with E-state index in [4.69, 9.17) is 0 Å². The largest absolute Gasteiger partial charge is 0.418 e. The highest BCUT2D eigenvalue weighted by Gasteiger charge is 2.35. The van der Waals surface area contributed by atoms with Crippen LogP contribution >= 0.6 is 0 Å². The van der Waals surface area contributed by atoms with Gasteiger partial charge in [0.15, 0.2) is 0 Å². The molecule has 0 radical (unpaired) electrons. The van der Waals surface area contributed by atoms with Crippen molar-refractivity contribution in [3.8, 4) is 11.3 Å². The second kappa shape index (κ2) is 8.42. The summed E-state index contributed by atoms with van der Waals surface area (Å²) >= 11 is 0. The first-order valence-electron chi connectivity index (χ1n) is 9.99. The van der Waals surface area contributed by atoms with Crippen LogP contribution in [0.3, 0.4) is 0 Å². The molecular weight excluding hydrogens is 432 g/mol. The van der Waals surface area contributed by atoms with Crippen LogP contribution < -0.4 is 0 Å². The third-order valence-corrected chi connectivity index (χ3v) is 5.10. The molecule has 0 spiro atoms. The van der Waals surface area contributed by atoms with Crippen LogP contribution in [-0.4, -0.2) is 35.0 Å². The Labute approximate surface area is 182 Å². The van der Waals surface area contributed by atoms with Gasteiger partial charge < -0.3 is 4.57 Å². The second-order valence-electron chi connectivity index (χ2n) is 9.30. The summed E-state index contributed by atoms with van der Waals surface area (Å²) in [5.74, 6) is -1.09. The van der Waals surface area contributed by atoms with E-state index in [1.54, 1.807) is 24.9 Å². The number of hydrogen-bond donors (Lipinski definition) is 0. The second-order valence-corrected chi connectivity index (χ2v) is 9.30. The Bertz CT molecular complexity index is 1100. The molecule has 3 nitrogen and oxygen atoms in total. The van der Waals surface area contributed by atoms with Gasteiger partial charge in [0.05, 0.1) is 23.5 Å². The third kappa shape index (κ3) is 4.92. The fourth-order valence-electron chi connectivity index (χ4n) is 3.87. The first kappa shape index (κ1) is 24.1. The average molecular weight is 457 g/mol. The van der Waals surface area contributed by atoms with Crippen LogP contribution in [0.1, 0.15) is 37.9 Å². The zero-order chi connectivity index (χ0) is 24.0. The number of alkyl halides is 5. The zero-order valence-electron chi connectivity index (χ0n) is 18.4. The number of benzene rings is 1. The van der Waals surface area contributed by atoms with Crippen molar-refractivity contribution in [2.45, 2.75) is 46.0 Å². The van der Waals surface area contributed by atoms with Crippen LogP contribution in [0.2, 0.25) is 0 Å². The maximum atomic E-state index is 13.9. The van der Waals surface area contributed by atoms with Crippen molar-refractivity contribution in [1.82, 2.24) is 14.5 Å². The number of fused-ring (bicyclic) bond motifs is 1. The normalized spacial score (nSPS) is 14.0. The lowest BCUT2D eigenvalue weighted by Crippen LogP contribution is -2.26. The highest BCUT2D eigenvalue weighted by molar-refractivity contribution is 5.89. The molecule has 0 bridgehead atoms. The van der Waals surface area contributed by atoms with Crippen LogP contribution in [0.25, 0.3) is 22.2 Å². The summed E-state index contributed by atoms with van der Waals surface area (Å²) in [6.07, 6.45) is -5.09. The van der Waals surface area contributed by atoms with Crippen molar-refractivity contribution < 1.29 is 26.3 Å². The average Bonchev–Trinajstić information content (AvgIpc) is 2.96. The summed E-state index contributed by atoms with van der Waals surface area (Å²) in [6.45, 7) is 6.38. The Kier molecular flexibility index (Phi) is 6.34. The van der Waals surface area contributed by atoms with E-state index < -0.39 is 35.7 Å². The molecule has 1 aromatic carbocycles. The Hall–Kier alpha value is -2.55. The smallest absolute Gasteiger partial charge is 0.347 e. The molecule has 0 aliphatic heterocycles. The van der Waals surface area contributed by atoms with Gasteiger partial charge in [-0.15, -0.1) is 0 Å². The topological polar surface area (TPSA) is 21.1 Å². The molecule has 1 unspecified atom stereocenters. The summed E-state index contributed by atoms with van der Waals surface area (Å²) in [5, 5.41) is 0.521. The maximum absolute atomic E-state index is 13.9. The van der Waals surface area contributed by atoms with Crippen LogP contribution in [-0.2, 0) is 12.7 Å². The lowest BCUT2D eigenvalue weighted by Gasteiger charge is -2.23. The van der Waals surface area contributed by atoms with E-state index in [1.807, 2.05) is 20.8 Å². The quantitative estimate of drug-likeness (QED) is 0.394. The van der Waals surface area contributed by atoms with Gasteiger partial charge >= 0.3 is 6.18 Å². The van der Waals surface area contributed by atoms with Crippen molar-refractivity contribution >= 4 is 10.9 Å². The molecule has 2 aromatic heterocycles. The standard InChI is InChI=1S/C23H25F6N3/c1-22(2,3)12-32-11-16(20(21(25)26)31(4)5)15-7-6-13(8-18(15)32)19-17(23(27,28)29)9-14(24)10-30-19/h6-11,20-21H,12H2,1-5H3. The van der Waals surface area contributed by atoms with Gasteiger partial charge in [-0.05, 0) is 31.6 Å². The minimum atomic E-state index is -4.80. The van der Waals surface area contributed by atoms with Crippen LogP contribution in [0.4, 0.5) is 26.3 Å². The molecule has 2 heterocycles. The predicted molar refractivity (Wildman–Crippen MR) is 112 cm³/mol. The molecule has 32 heavy (non-hydrogen) atoms. The monoisotopic (exact) mass is 457 g/mol. The van der Waals surface area contributed by atoms with E-state index in [0.717, 1.165) is 6.20 Å². The number of pyridine rings is 1. The van der Waals surface area contributed by atoms with E-state index in [-0.39, 0.29) is 11.0 Å². The van der Waals surface area contributed by atoms with E-state index in [0.29, 0.717) is 29.1 Å². The molecule has 9 heteroatoms.